The van der Waals surface area contributed by atoms with Gasteiger partial charge in [0, 0.05) is 11.6 Å². The highest BCUT2D eigenvalue weighted by Gasteiger charge is 2.30. The van der Waals surface area contributed by atoms with Crippen molar-refractivity contribution in [3.63, 3.8) is 0 Å². The maximum atomic E-state index is 12.6. The van der Waals surface area contributed by atoms with Gasteiger partial charge in [-0.05, 0) is 43.4 Å². The van der Waals surface area contributed by atoms with Gasteiger partial charge in [0.2, 0.25) is 0 Å². The maximum absolute atomic E-state index is 12.6. The lowest BCUT2D eigenvalue weighted by Crippen LogP contribution is -2.32. The van der Waals surface area contributed by atoms with Crippen LogP contribution < -0.4 is 5.73 Å². The van der Waals surface area contributed by atoms with E-state index >= 15 is 0 Å². The third kappa shape index (κ3) is 7.48. The standard InChI is InChI=1S/C14H15NO4S2.C9H11NO2/c1-3-19-14(16)13-10-20-9-8-15(13)21(17,18)12-6-4-11(2)5-7-12;10-8(9(11)12)6-7-4-2-1-3-5-7/h4-10H,3H2,1-2H3;1-5,8H,6,10H2,(H,11,12). The smallest absolute Gasteiger partial charge is 0.356 e. The fourth-order valence-electron chi connectivity index (χ4n) is 2.66. The molecule has 0 radical (unpaired) electrons. The van der Waals surface area contributed by atoms with Crippen LogP contribution in [-0.2, 0) is 30.8 Å². The lowest BCUT2D eigenvalue weighted by Gasteiger charge is -2.23. The van der Waals surface area contributed by atoms with Crippen LogP contribution in [0, 0.1) is 6.92 Å². The average Bonchev–Trinajstić information content (AvgIpc) is 2.80. The number of ether oxygens (including phenoxy) is 1. The summed E-state index contributed by atoms with van der Waals surface area (Å²) in [6, 6.07) is 15.0. The molecule has 8 nitrogen and oxygen atoms in total. The number of aryl methyl sites for hydroxylation is 1. The summed E-state index contributed by atoms with van der Waals surface area (Å²) >= 11 is 1.23. The van der Waals surface area contributed by atoms with E-state index in [1.165, 1.54) is 35.5 Å². The second-order valence-electron chi connectivity index (χ2n) is 6.89. The zero-order valence-electron chi connectivity index (χ0n) is 18.2. The molecular formula is C23H26N2O6S2. The van der Waals surface area contributed by atoms with E-state index in [1.54, 1.807) is 24.5 Å². The number of sulfonamides is 1. The van der Waals surface area contributed by atoms with E-state index < -0.39 is 28.0 Å². The molecule has 0 aliphatic carbocycles. The molecular weight excluding hydrogens is 464 g/mol. The van der Waals surface area contributed by atoms with Crippen molar-refractivity contribution in [3.05, 3.63) is 88.4 Å². The third-order valence-electron chi connectivity index (χ3n) is 4.37. The van der Waals surface area contributed by atoms with Gasteiger partial charge in [-0.25, -0.2) is 17.5 Å². The highest BCUT2D eigenvalue weighted by atomic mass is 32.2. The van der Waals surface area contributed by atoms with Crippen molar-refractivity contribution in [3.8, 4) is 0 Å². The van der Waals surface area contributed by atoms with E-state index in [4.69, 9.17) is 15.6 Å². The van der Waals surface area contributed by atoms with E-state index in [9.17, 15) is 18.0 Å². The van der Waals surface area contributed by atoms with E-state index in [0.717, 1.165) is 15.4 Å². The molecule has 2 aromatic rings. The molecule has 1 atom stereocenters. The molecule has 1 aliphatic rings. The minimum Gasteiger partial charge on any atom is -0.480 e. The van der Waals surface area contributed by atoms with Crippen LogP contribution >= 0.6 is 11.8 Å². The molecule has 0 saturated carbocycles. The predicted molar refractivity (Wildman–Crippen MR) is 127 cm³/mol. The maximum Gasteiger partial charge on any atom is 0.356 e. The Morgan fingerprint density at radius 2 is 1.76 bits per heavy atom. The Kier molecular flexibility index (Phi) is 9.71. The normalized spacial score (nSPS) is 13.9. The SMILES string of the molecule is CCOC(=O)C1=CSC=CN1S(=O)(=O)c1ccc(C)cc1.NC(Cc1ccccc1)C(=O)O. The van der Waals surface area contributed by atoms with Crippen molar-refractivity contribution in [2.45, 2.75) is 31.2 Å². The van der Waals surface area contributed by atoms with Crippen molar-refractivity contribution in [2.75, 3.05) is 6.61 Å². The first-order valence-electron chi connectivity index (χ1n) is 9.99. The molecule has 3 rings (SSSR count). The van der Waals surface area contributed by atoms with Crippen LogP contribution in [0.15, 0.2) is 82.2 Å². The molecule has 0 amide bonds. The Morgan fingerprint density at radius 1 is 1.12 bits per heavy atom. The summed E-state index contributed by atoms with van der Waals surface area (Å²) in [6.45, 7) is 3.73. The first-order valence-corrected chi connectivity index (χ1v) is 12.4. The highest BCUT2D eigenvalue weighted by Crippen LogP contribution is 2.28. The lowest BCUT2D eigenvalue weighted by molar-refractivity contribution is -0.140. The van der Waals surface area contributed by atoms with Gasteiger partial charge < -0.3 is 15.6 Å². The molecule has 1 heterocycles. The quantitative estimate of drug-likeness (QED) is 0.566. The van der Waals surface area contributed by atoms with Gasteiger partial charge >= 0.3 is 11.9 Å². The molecule has 2 aromatic carbocycles. The first-order chi connectivity index (χ1) is 15.7. The van der Waals surface area contributed by atoms with Crippen LogP contribution in [0.5, 0.6) is 0 Å². The van der Waals surface area contributed by atoms with Gasteiger partial charge in [-0.15, -0.1) is 11.8 Å². The molecule has 0 bridgehead atoms. The van der Waals surface area contributed by atoms with Crippen LogP contribution in [0.3, 0.4) is 0 Å². The number of hydrogen-bond donors (Lipinski definition) is 2. The van der Waals surface area contributed by atoms with Crippen LogP contribution in [0.1, 0.15) is 18.1 Å². The second-order valence-corrected chi connectivity index (χ2v) is 9.49. The number of nitrogens with zero attached hydrogens (tertiary/aromatic N) is 1. The van der Waals surface area contributed by atoms with Gasteiger partial charge in [-0.2, -0.15) is 0 Å². The van der Waals surface area contributed by atoms with Crippen LogP contribution in [0.4, 0.5) is 0 Å². The number of thioether (sulfide) groups is 1. The number of esters is 1. The van der Waals surface area contributed by atoms with Gasteiger partial charge in [0.1, 0.15) is 11.7 Å². The Morgan fingerprint density at radius 3 is 2.33 bits per heavy atom. The largest absolute Gasteiger partial charge is 0.480 e. The zero-order valence-corrected chi connectivity index (χ0v) is 19.9. The monoisotopic (exact) mass is 490 g/mol. The highest BCUT2D eigenvalue weighted by molar-refractivity contribution is 8.05. The van der Waals surface area contributed by atoms with Crippen LogP contribution in [-0.4, -0.2) is 42.4 Å². The van der Waals surface area contributed by atoms with E-state index in [2.05, 4.69) is 0 Å². The van der Waals surface area contributed by atoms with E-state index in [1.807, 2.05) is 37.3 Å². The summed E-state index contributed by atoms with van der Waals surface area (Å²) < 4.78 is 31.1. The first kappa shape index (κ1) is 26.2. The van der Waals surface area contributed by atoms with Gasteiger partial charge in [-0.1, -0.05) is 48.0 Å². The fraction of sp³-hybridized carbons (Fsp3) is 0.217. The van der Waals surface area contributed by atoms with Crippen LogP contribution in [0.2, 0.25) is 0 Å². The third-order valence-corrected chi connectivity index (χ3v) is 6.71. The summed E-state index contributed by atoms with van der Waals surface area (Å²) in [5.74, 6) is -1.62. The minimum atomic E-state index is -3.83. The molecule has 0 aromatic heterocycles. The summed E-state index contributed by atoms with van der Waals surface area (Å²) in [6.07, 6.45) is 1.74. The van der Waals surface area contributed by atoms with Crippen molar-refractivity contribution in [1.29, 1.82) is 0 Å². The topological polar surface area (TPSA) is 127 Å². The number of carbonyl (C=O) groups excluding carboxylic acids is 1. The van der Waals surface area contributed by atoms with E-state index in [-0.39, 0.29) is 17.2 Å². The van der Waals surface area contributed by atoms with Gasteiger partial charge in [0.05, 0.1) is 11.5 Å². The Hall–Kier alpha value is -3.08. The lowest BCUT2D eigenvalue weighted by atomic mass is 10.1. The molecule has 176 valence electrons. The number of benzene rings is 2. The molecule has 3 N–H and O–H groups in total. The van der Waals surface area contributed by atoms with Crippen molar-refractivity contribution >= 4 is 33.7 Å². The number of hydrogen-bond acceptors (Lipinski definition) is 7. The molecule has 1 aliphatic heterocycles. The number of aliphatic carboxylic acids is 1. The Balaban J connectivity index is 0.000000273. The summed E-state index contributed by atoms with van der Waals surface area (Å²) in [4.78, 5) is 22.4. The van der Waals surface area contributed by atoms with Crippen LogP contribution in [0.25, 0.3) is 0 Å². The summed E-state index contributed by atoms with van der Waals surface area (Å²) in [7, 11) is -3.83. The molecule has 10 heteroatoms. The number of carboxylic acid groups (broad SMARTS) is 1. The van der Waals surface area contributed by atoms with Gasteiger partial charge in [0.25, 0.3) is 10.0 Å². The fourth-order valence-corrected chi connectivity index (χ4v) is 4.73. The van der Waals surface area contributed by atoms with Crippen molar-refractivity contribution in [1.82, 2.24) is 4.31 Å². The number of carbonyl (C=O) groups is 2. The molecule has 1 unspecified atom stereocenters. The molecule has 0 saturated heterocycles. The number of carboxylic acids is 1. The Bertz CT molecular complexity index is 1110. The summed E-state index contributed by atoms with van der Waals surface area (Å²) in [5, 5.41) is 11.6. The molecule has 0 fully saturated rings. The van der Waals surface area contributed by atoms with Gasteiger partial charge in [0.15, 0.2) is 0 Å². The summed E-state index contributed by atoms with van der Waals surface area (Å²) in [5.41, 5.74) is 7.25. The zero-order chi connectivity index (χ0) is 24.4. The Labute approximate surface area is 197 Å². The minimum absolute atomic E-state index is 0.00933. The average molecular weight is 491 g/mol. The second kappa shape index (κ2) is 12.2. The molecule has 0 spiro atoms. The number of nitrogens with two attached hydrogens (primary N) is 1. The van der Waals surface area contributed by atoms with Crippen molar-refractivity contribution < 1.29 is 27.9 Å². The van der Waals surface area contributed by atoms with Crippen molar-refractivity contribution in [2.24, 2.45) is 5.73 Å². The van der Waals surface area contributed by atoms with E-state index in [0.29, 0.717) is 6.42 Å². The van der Waals surface area contributed by atoms with Gasteiger partial charge in [-0.3, -0.25) is 4.79 Å². The predicted octanol–water partition coefficient (Wildman–Crippen LogP) is 3.25. The molecule has 33 heavy (non-hydrogen) atoms. The number of rotatable bonds is 7.